The van der Waals surface area contributed by atoms with E-state index >= 15 is 0 Å². The van der Waals surface area contributed by atoms with Gasteiger partial charge in [-0.25, -0.2) is 0 Å². The van der Waals surface area contributed by atoms with E-state index in [-0.39, 0.29) is 0 Å². The summed E-state index contributed by atoms with van der Waals surface area (Å²) in [6, 6.07) is 0. The van der Waals surface area contributed by atoms with Crippen LogP contribution in [-0.2, 0) is 4.79 Å². The van der Waals surface area contributed by atoms with Crippen molar-refractivity contribution in [2.45, 2.75) is 51.5 Å². The van der Waals surface area contributed by atoms with Crippen LogP contribution in [0.1, 0.15) is 46.0 Å². The Hall–Kier alpha value is -0.570. The molecule has 1 N–H and O–H groups in total. The molecule has 0 unspecified atom stereocenters. The lowest BCUT2D eigenvalue weighted by atomic mass is 9.75. The Bertz CT molecular complexity index is 220. The predicted molar refractivity (Wildman–Crippen MR) is 60.9 cm³/mol. The van der Waals surface area contributed by atoms with Gasteiger partial charge < -0.3 is 5.11 Å². The molecule has 1 fully saturated rings. The summed E-state index contributed by atoms with van der Waals surface area (Å²) in [5, 5.41) is 9.41. The molecule has 3 heteroatoms. The number of nitrogens with zero attached hydrogens (tertiary/aromatic N) is 1. The molecule has 0 aromatic heterocycles. The molecule has 0 aromatic carbocycles. The van der Waals surface area contributed by atoms with E-state index in [1.165, 1.54) is 6.42 Å². The van der Waals surface area contributed by atoms with Crippen molar-refractivity contribution in [3.8, 4) is 0 Å². The lowest BCUT2D eigenvalue weighted by Gasteiger charge is -2.42. The maximum Gasteiger partial charge on any atom is 0.324 e. The van der Waals surface area contributed by atoms with Gasteiger partial charge in [0, 0.05) is 0 Å². The van der Waals surface area contributed by atoms with E-state index in [1.54, 1.807) is 0 Å². The van der Waals surface area contributed by atoms with Gasteiger partial charge in [-0.05, 0) is 45.2 Å². The molecule has 0 atom stereocenters. The van der Waals surface area contributed by atoms with Crippen molar-refractivity contribution < 1.29 is 9.90 Å². The van der Waals surface area contributed by atoms with Crippen LogP contribution < -0.4 is 0 Å². The Morgan fingerprint density at radius 1 is 1.40 bits per heavy atom. The first kappa shape index (κ1) is 12.5. The van der Waals surface area contributed by atoms with Crippen molar-refractivity contribution in [2.24, 2.45) is 5.92 Å². The lowest BCUT2D eigenvalue weighted by Crippen LogP contribution is -2.54. The van der Waals surface area contributed by atoms with E-state index < -0.39 is 11.5 Å². The molecule has 0 saturated heterocycles. The second-order valence-electron chi connectivity index (χ2n) is 4.70. The van der Waals surface area contributed by atoms with Crippen LogP contribution in [0.15, 0.2) is 0 Å². The second-order valence-corrected chi connectivity index (χ2v) is 4.70. The molecule has 1 aliphatic rings. The summed E-state index contributed by atoms with van der Waals surface area (Å²) in [4.78, 5) is 13.4. The number of hydrogen-bond acceptors (Lipinski definition) is 2. The van der Waals surface area contributed by atoms with Crippen LogP contribution in [0.25, 0.3) is 0 Å². The average Bonchev–Trinajstić information content (AvgIpc) is 2.27. The molecule has 3 nitrogen and oxygen atoms in total. The van der Waals surface area contributed by atoms with Crippen LogP contribution in [0.2, 0.25) is 0 Å². The number of carboxylic acids is 1. The first-order valence-corrected chi connectivity index (χ1v) is 6.01. The second kappa shape index (κ2) is 4.97. The number of likely N-dealkylation sites (N-methyl/N-ethyl adjacent to an activating group) is 1. The zero-order valence-electron chi connectivity index (χ0n) is 10.1. The lowest BCUT2D eigenvalue weighted by molar-refractivity contribution is -0.153. The van der Waals surface area contributed by atoms with E-state index in [2.05, 4.69) is 6.92 Å². The molecule has 1 rings (SSSR count). The Balaban J connectivity index is 2.73. The summed E-state index contributed by atoms with van der Waals surface area (Å²) >= 11 is 0. The molecular formula is C12H23NO2. The van der Waals surface area contributed by atoms with Gasteiger partial charge in [-0.15, -0.1) is 0 Å². The van der Waals surface area contributed by atoms with Gasteiger partial charge in [0.1, 0.15) is 5.54 Å². The molecule has 88 valence electrons. The average molecular weight is 213 g/mol. The largest absolute Gasteiger partial charge is 0.480 e. The topological polar surface area (TPSA) is 40.5 Å². The molecule has 0 aromatic rings. The highest BCUT2D eigenvalue weighted by molar-refractivity contribution is 5.78. The van der Waals surface area contributed by atoms with Crippen molar-refractivity contribution >= 4 is 5.97 Å². The smallest absolute Gasteiger partial charge is 0.324 e. The summed E-state index contributed by atoms with van der Waals surface area (Å²) in [5.74, 6) is 0.101. The molecule has 1 aliphatic carbocycles. The van der Waals surface area contributed by atoms with E-state index in [0.717, 1.165) is 38.1 Å². The summed E-state index contributed by atoms with van der Waals surface area (Å²) in [5.41, 5.74) is -0.583. The fourth-order valence-electron chi connectivity index (χ4n) is 2.62. The standard InChI is InChI=1S/C12H23NO2/c1-4-10-6-8-12(9-7-10,11(14)15)13(3)5-2/h10H,4-9H2,1-3H3,(H,14,15). The molecule has 0 bridgehead atoms. The first-order valence-electron chi connectivity index (χ1n) is 6.01. The summed E-state index contributed by atoms with van der Waals surface area (Å²) in [6.45, 7) is 5.03. The van der Waals surface area contributed by atoms with Crippen molar-refractivity contribution in [3.05, 3.63) is 0 Å². The van der Waals surface area contributed by atoms with E-state index in [1.807, 2.05) is 18.9 Å². The van der Waals surface area contributed by atoms with Gasteiger partial charge in [0.05, 0.1) is 0 Å². The van der Waals surface area contributed by atoms with Crippen LogP contribution >= 0.6 is 0 Å². The third kappa shape index (κ3) is 2.33. The fourth-order valence-corrected chi connectivity index (χ4v) is 2.62. The van der Waals surface area contributed by atoms with Crippen LogP contribution in [0.3, 0.4) is 0 Å². The Labute approximate surface area is 92.5 Å². The maximum absolute atomic E-state index is 11.4. The minimum atomic E-state index is -0.638. The number of carboxylic acid groups (broad SMARTS) is 1. The van der Waals surface area contributed by atoms with E-state index in [0.29, 0.717) is 0 Å². The Kier molecular flexibility index (Phi) is 4.14. The molecule has 15 heavy (non-hydrogen) atoms. The first-order chi connectivity index (χ1) is 7.06. The van der Waals surface area contributed by atoms with Gasteiger partial charge in [-0.1, -0.05) is 20.3 Å². The minimum Gasteiger partial charge on any atom is -0.480 e. The SMILES string of the molecule is CCC1CCC(C(=O)O)(N(C)CC)CC1. The van der Waals surface area contributed by atoms with Crippen molar-refractivity contribution in [1.29, 1.82) is 0 Å². The zero-order valence-corrected chi connectivity index (χ0v) is 10.1. The highest BCUT2D eigenvalue weighted by atomic mass is 16.4. The van der Waals surface area contributed by atoms with Gasteiger partial charge in [-0.3, -0.25) is 9.69 Å². The van der Waals surface area contributed by atoms with Crippen molar-refractivity contribution in [3.63, 3.8) is 0 Å². The normalized spacial score (nSPS) is 31.9. The monoisotopic (exact) mass is 213 g/mol. The van der Waals surface area contributed by atoms with Crippen LogP contribution in [0.4, 0.5) is 0 Å². The number of hydrogen-bond donors (Lipinski definition) is 1. The molecule has 1 saturated carbocycles. The quantitative estimate of drug-likeness (QED) is 0.779. The Morgan fingerprint density at radius 3 is 2.27 bits per heavy atom. The number of carbonyl (C=O) groups is 1. The maximum atomic E-state index is 11.4. The zero-order chi connectivity index (χ0) is 11.5. The number of rotatable bonds is 4. The van der Waals surface area contributed by atoms with E-state index in [9.17, 15) is 9.90 Å². The predicted octanol–water partition coefficient (Wildman–Crippen LogP) is 2.36. The van der Waals surface area contributed by atoms with Crippen molar-refractivity contribution in [1.82, 2.24) is 4.90 Å². The van der Waals surface area contributed by atoms with Crippen LogP contribution in [-0.4, -0.2) is 35.1 Å². The van der Waals surface area contributed by atoms with E-state index in [4.69, 9.17) is 0 Å². The fraction of sp³-hybridized carbons (Fsp3) is 0.917. The highest BCUT2D eigenvalue weighted by Gasteiger charge is 2.44. The Morgan fingerprint density at radius 2 is 1.93 bits per heavy atom. The minimum absolute atomic E-state index is 0.583. The molecule has 0 aliphatic heterocycles. The molecule has 0 heterocycles. The number of aliphatic carboxylic acids is 1. The van der Waals surface area contributed by atoms with Gasteiger partial charge in [0.2, 0.25) is 0 Å². The van der Waals surface area contributed by atoms with Gasteiger partial charge >= 0.3 is 5.97 Å². The summed E-state index contributed by atoms with van der Waals surface area (Å²) < 4.78 is 0. The third-order valence-electron chi connectivity index (χ3n) is 4.11. The van der Waals surface area contributed by atoms with Crippen LogP contribution in [0, 0.1) is 5.92 Å². The summed E-state index contributed by atoms with van der Waals surface area (Å²) in [7, 11) is 1.93. The highest BCUT2D eigenvalue weighted by Crippen LogP contribution is 2.37. The van der Waals surface area contributed by atoms with Gasteiger partial charge in [0.15, 0.2) is 0 Å². The summed E-state index contributed by atoms with van der Waals surface area (Å²) in [6.07, 6.45) is 4.93. The molecule has 0 amide bonds. The third-order valence-corrected chi connectivity index (χ3v) is 4.11. The van der Waals surface area contributed by atoms with Crippen LogP contribution in [0.5, 0.6) is 0 Å². The van der Waals surface area contributed by atoms with Crippen molar-refractivity contribution in [2.75, 3.05) is 13.6 Å². The molecule has 0 radical (unpaired) electrons. The molecule has 0 spiro atoms. The molecular weight excluding hydrogens is 190 g/mol. The van der Waals surface area contributed by atoms with Gasteiger partial charge in [-0.2, -0.15) is 0 Å². The van der Waals surface area contributed by atoms with Gasteiger partial charge in [0.25, 0.3) is 0 Å².